The molecule has 264 valence electrons. The van der Waals surface area contributed by atoms with Gasteiger partial charge in [-0.15, -0.1) is 0 Å². The maximum atomic E-state index is 2.52. The van der Waals surface area contributed by atoms with E-state index >= 15 is 0 Å². The lowest BCUT2D eigenvalue weighted by Crippen LogP contribution is -1.99. The Morgan fingerprint density at radius 2 is 0.596 bits per heavy atom. The van der Waals surface area contributed by atoms with Crippen LogP contribution >= 0.6 is 0 Å². The van der Waals surface area contributed by atoms with Crippen LogP contribution < -0.4 is 0 Å². The number of aromatic nitrogens is 3. The molecule has 3 heteroatoms. The van der Waals surface area contributed by atoms with Crippen molar-refractivity contribution in [1.29, 1.82) is 0 Å². The molecule has 0 aliphatic heterocycles. The van der Waals surface area contributed by atoms with Crippen LogP contribution in [0.1, 0.15) is 0 Å². The molecule has 0 aliphatic rings. The third-order valence-corrected chi connectivity index (χ3v) is 12.4. The molecule has 0 radical (unpaired) electrons. The van der Waals surface area contributed by atoms with Gasteiger partial charge in [0.05, 0.1) is 33.1 Å². The Hall–Kier alpha value is -7.62. The van der Waals surface area contributed by atoms with E-state index in [1.165, 1.54) is 97.7 Å². The van der Waals surface area contributed by atoms with E-state index in [4.69, 9.17) is 0 Å². The monoisotopic (exact) mass is 723 g/mol. The van der Waals surface area contributed by atoms with Crippen molar-refractivity contribution in [3.63, 3.8) is 0 Å². The Morgan fingerprint density at radius 3 is 1.21 bits per heavy atom. The Bertz CT molecular complexity index is 3790. The van der Waals surface area contributed by atoms with E-state index < -0.39 is 0 Å². The first-order valence-corrected chi connectivity index (χ1v) is 19.7. The molecule has 0 saturated carbocycles. The molecule has 13 aromatic rings. The highest BCUT2D eigenvalue weighted by Crippen LogP contribution is 2.45. The van der Waals surface area contributed by atoms with Crippen LogP contribution in [0.5, 0.6) is 0 Å². The van der Waals surface area contributed by atoms with E-state index in [-0.39, 0.29) is 0 Å². The van der Waals surface area contributed by atoms with Gasteiger partial charge in [-0.3, -0.25) is 0 Å². The van der Waals surface area contributed by atoms with Crippen molar-refractivity contribution < 1.29 is 0 Å². The Balaban J connectivity index is 1.21. The summed E-state index contributed by atoms with van der Waals surface area (Å²) >= 11 is 0. The molecule has 57 heavy (non-hydrogen) atoms. The van der Waals surface area contributed by atoms with Crippen molar-refractivity contribution in [2.45, 2.75) is 0 Å². The quantitative estimate of drug-likeness (QED) is 0.161. The largest absolute Gasteiger partial charge is 0.309 e. The Labute approximate surface area is 327 Å². The molecule has 0 saturated heterocycles. The highest BCUT2D eigenvalue weighted by Gasteiger charge is 2.23. The third kappa shape index (κ3) is 4.15. The first-order chi connectivity index (χ1) is 28.3. The summed E-state index contributed by atoms with van der Waals surface area (Å²) in [4.78, 5) is 0. The number of benzene rings is 10. The first kappa shape index (κ1) is 30.7. The van der Waals surface area contributed by atoms with Gasteiger partial charge in [-0.2, -0.15) is 0 Å². The maximum absolute atomic E-state index is 2.52. The highest BCUT2D eigenvalue weighted by atomic mass is 15.0. The van der Waals surface area contributed by atoms with Crippen LogP contribution in [-0.2, 0) is 0 Å². The van der Waals surface area contributed by atoms with Gasteiger partial charge in [0.1, 0.15) is 0 Å². The molecule has 0 spiro atoms. The number of nitrogens with zero attached hydrogens (tertiary/aromatic N) is 3. The SMILES string of the molecule is c1ccc(-n2c3ccccc3c3cc(-n4c5ccccc5c5ccc6c7cc8c9ccccc9c9ccccc9c8cc7n(-c7ccccc7)c6c54)ccc32)cc1. The van der Waals surface area contributed by atoms with Gasteiger partial charge in [0.15, 0.2) is 0 Å². The van der Waals surface area contributed by atoms with Crippen molar-refractivity contribution >= 4 is 97.7 Å². The van der Waals surface area contributed by atoms with Gasteiger partial charge in [-0.1, -0.05) is 133 Å². The van der Waals surface area contributed by atoms with Gasteiger partial charge in [0.25, 0.3) is 0 Å². The summed E-state index contributed by atoms with van der Waals surface area (Å²) < 4.78 is 7.43. The van der Waals surface area contributed by atoms with Gasteiger partial charge >= 0.3 is 0 Å². The van der Waals surface area contributed by atoms with Crippen molar-refractivity contribution in [2.75, 3.05) is 0 Å². The number of para-hydroxylation sites is 4. The standard InChI is InChI=1S/C54H33N3/c1-3-15-34(16-4-1)55-49-25-13-12-24-42(49)47-31-36(27-30-51(47)55)57-50-26-14-11-23-41(50)43-28-29-44-48-32-45-39-21-9-7-19-37(39)38-20-8-10-22-40(38)46(45)33-52(48)56(54(44)53(43)57)35-17-5-2-6-18-35/h1-33H. The van der Waals surface area contributed by atoms with Crippen LogP contribution in [0.15, 0.2) is 200 Å². The molecule has 0 N–H and O–H groups in total. The number of hydrogen-bond acceptors (Lipinski definition) is 0. The summed E-state index contributed by atoms with van der Waals surface area (Å²) in [6, 6.07) is 73.8. The fraction of sp³-hybridized carbons (Fsp3) is 0. The minimum absolute atomic E-state index is 1.14. The summed E-state index contributed by atoms with van der Waals surface area (Å²) in [5, 5.41) is 15.1. The molecular weight excluding hydrogens is 691 g/mol. The summed E-state index contributed by atoms with van der Waals surface area (Å²) in [5.74, 6) is 0. The van der Waals surface area contributed by atoms with Gasteiger partial charge in [0.2, 0.25) is 0 Å². The predicted octanol–water partition coefficient (Wildman–Crippen LogP) is 14.4. The minimum atomic E-state index is 1.14. The van der Waals surface area contributed by atoms with Crippen molar-refractivity contribution in [3.8, 4) is 17.1 Å². The predicted molar refractivity (Wildman–Crippen MR) is 242 cm³/mol. The third-order valence-electron chi connectivity index (χ3n) is 12.4. The van der Waals surface area contributed by atoms with E-state index in [0.29, 0.717) is 0 Å². The number of hydrogen-bond donors (Lipinski definition) is 0. The zero-order chi connectivity index (χ0) is 37.2. The number of rotatable bonds is 3. The molecule has 0 atom stereocenters. The lowest BCUT2D eigenvalue weighted by Gasteiger charge is -2.14. The summed E-state index contributed by atoms with van der Waals surface area (Å²) in [6.45, 7) is 0. The molecule has 0 aliphatic carbocycles. The molecular formula is C54H33N3. The summed E-state index contributed by atoms with van der Waals surface area (Å²) in [6.07, 6.45) is 0. The van der Waals surface area contributed by atoms with Gasteiger partial charge in [0, 0.05) is 49.4 Å². The van der Waals surface area contributed by atoms with E-state index in [1.807, 2.05) is 0 Å². The molecule has 3 aromatic heterocycles. The van der Waals surface area contributed by atoms with Crippen LogP contribution in [0, 0.1) is 0 Å². The van der Waals surface area contributed by atoms with Gasteiger partial charge in [-0.05, 0) is 99.0 Å². The molecule has 13 rings (SSSR count). The van der Waals surface area contributed by atoms with E-state index in [1.54, 1.807) is 0 Å². The smallest absolute Gasteiger partial charge is 0.0788 e. The second-order valence-electron chi connectivity index (χ2n) is 15.3. The van der Waals surface area contributed by atoms with Crippen molar-refractivity contribution in [2.24, 2.45) is 0 Å². The summed E-state index contributed by atoms with van der Waals surface area (Å²) in [5.41, 5.74) is 10.7. The van der Waals surface area contributed by atoms with E-state index in [0.717, 1.165) is 17.1 Å². The molecule has 0 fully saturated rings. The topological polar surface area (TPSA) is 14.8 Å². The lowest BCUT2D eigenvalue weighted by molar-refractivity contribution is 1.15. The molecule has 0 unspecified atom stereocenters. The van der Waals surface area contributed by atoms with Crippen LogP contribution in [0.2, 0.25) is 0 Å². The highest BCUT2D eigenvalue weighted by molar-refractivity contribution is 6.31. The fourth-order valence-corrected chi connectivity index (χ4v) is 10.0. The Morgan fingerprint density at radius 1 is 0.193 bits per heavy atom. The normalized spacial score (nSPS) is 12.2. The number of fused-ring (bicyclic) bond motifs is 16. The zero-order valence-corrected chi connectivity index (χ0v) is 30.9. The Kier molecular flexibility index (Phi) is 6.16. The minimum Gasteiger partial charge on any atom is -0.309 e. The molecule has 3 nitrogen and oxygen atoms in total. The molecule has 0 bridgehead atoms. The second kappa shape index (κ2) is 11.5. The average molecular weight is 724 g/mol. The van der Waals surface area contributed by atoms with Gasteiger partial charge < -0.3 is 13.7 Å². The first-order valence-electron chi connectivity index (χ1n) is 19.7. The fourth-order valence-electron chi connectivity index (χ4n) is 10.0. The molecule has 3 heterocycles. The van der Waals surface area contributed by atoms with E-state index in [9.17, 15) is 0 Å². The molecule has 10 aromatic carbocycles. The summed E-state index contributed by atoms with van der Waals surface area (Å²) in [7, 11) is 0. The van der Waals surface area contributed by atoms with Crippen LogP contribution in [-0.4, -0.2) is 13.7 Å². The molecule has 0 amide bonds. The van der Waals surface area contributed by atoms with Crippen LogP contribution in [0.4, 0.5) is 0 Å². The lowest BCUT2D eigenvalue weighted by atomic mass is 9.93. The van der Waals surface area contributed by atoms with Gasteiger partial charge in [-0.25, -0.2) is 0 Å². The maximum Gasteiger partial charge on any atom is 0.0788 e. The van der Waals surface area contributed by atoms with E-state index in [2.05, 4.69) is 214 Å². The van der Waals surface area contributed by atoms with Crippen LogP contribution in [0.25, 0.3) is 115 Å². The second-order valence-corrected chi connectivity index (χ2v) is 15.3. The van der Waals surface area contributed by atoms with Crippen molar-refractivity contribution in [1.82, 2.24) is 13.7 Å². The van der Waals surface area contributed by atoms with Crippen molar-refractivity contribution in [3.05, 3.63) is 200 Å². The average Bonchev–Trinajstić information content (AvgIpc) is 3.92. The van der Waals surface area contributed by atoms with Crippen LogP contribution in [0.3, 0.4) is 0 Å². The zero-order valence-electron chi connectivity index (χ0n) is 30.9.